The molecule has 2 N–H and O–H groups in total. The van der Waals surface area contributed by atoms with Gasteiger partial charge in [0.05, 0.1) is 5.56 Å². The zero-order chi connectivity index (χ0) is 14.5. The average molecular weight is 337 g/mol. The zero-order valence-corrected chi connectivity index (χ0v) is 11.8. The number of carbonyl (C=O) groups excluding carboxylic acids is 2. The summed E-state index contributed by atoms with van der Waals surface area (Å²) in [5, 5.41) is 0. The quantitative estimate of drug-likeness (QED) is 0.828. The lowest BCUT2D eigenvalue weighted by Crippen LogP contribution is -2.41. The van der Waals surface area contributed by atoms with Crippen molar-refractivity contribution in [3.05, 3.63) is 69.9 Å². The summed E-state index contributed by atoms with van der Waals surface area (Å²) in [6.45, 7) is 0. The maximum absolute atomic E-state index is 13.5. The number of carbonyl (C=O) groups is 2. The fraction of sp³-hybridized carbons (Fsp3) is 0. The van der Waals surface area contributed by atoms with Crippen LogP contribution in [0.4, 0.5) is 4.39 Å². The van der Waals surface area contributed by atoms with E-state index in [1.54, 1.807) is 30.3 Å². The normalized spacial score (nSPS) is 9.90. The number of halogens is 2. The zero-order valence-electron chi connectivity index (χ0n) is 10.2. The molecule has 2 aromatic rings. The molecule has 0 bridgehead atoms. The maximum Gasteiger partial charge on any atom is 0.272 e. The van der Waals surface area contributed by atoms with Gasteiger partial charge in [0.1, 0.15) is 5.82 Å². The van der Waals surface area contributed by atoms with Gasteiger partial charge in [-0.05, 0) is 30.3 Å². The lowest BCUT2D eigenvalue weighted by molar-refractivity contribution is 0.0844. The van der Waals surface area contributed by atoms with Crippen molar-refractivity contribution in [2.24, 2.45) is 0 Å². The molecule has 4 nitrogen and oxygen atoms in total. The van der Waals surface area contributed by atoms with Gasteiger partial charge in [-0.2, -0.15) is 0 Å². The summed E-state index contributed by atoms with van der Waals surface area (Å²) in [5.41, 5.74) is 4.62. The number of rotatable bonds is 2. The maximum atomic E-state index is 13.5. The number of nitrogens with one attached hydrogen (secondary N) is 2. The van der Waals surface area contributed by atoms with Gasteiger partial charge in [-0.3, -0.25) is 20.4 Å². The summed E-state index contributed by atoms with van der Waals surface area (Å²) in [6.07, 6.45) is 0. The van der Waals surface area contributed by atoms with Crippen LogP contribution in [-0.4, -0.2) is 11.8 Å². The number of hydrogen-bond acceptors (Lipinski definition) is 2. The molecule has 2 rings (SSSR count). The molecule has 0 radical (unpaired) electrons. The van der Waals surface area contributed by atoms with E-state index < -0.39 is 17.6 Å². The van der Waals surface area contributed by atoms with Crippen molar-refractivity contribution in [1.82, 2.24) is 10.9 Å². The van der Waals surface area contributed by atoms with Crippen molar-refractivity contribution < 1.29 is 14.0 Å². The van der Waals surface area contributed by atoms with E-state index in [0.717, 1.165) is 6.07 Å². The molecule has 0 aromatic heterocycles. The van der Waals surface area contributed by atoms with Crippen LogP contribution in [0, 0.1) is 5.82 Å². The Morgan fingerprint density at radius 1 is 0.950 bits per heavy atom. The van der Waals surface area contributed by atoms with E-state index in [4.69, 9.17) is 0 Å². The molecule has 6 heteroatoms. The van der Waals surface area contributed by atoms with E-state index in [9.17, 15) is 14.0 Å². The van der Waals surface area contributed by atoms with E-state index >= 15 is 0 Å². The molecule has 2 aromatic carbocycles. The summed E-state index contributed by atoms with van der Waals surface area (Å²) in [4.78, 5) is 23.5. The van der Waals surface area contributed by atoms with E-state index in [1.165, 1.54) is 12.1 Å². The minimum absolute atomic E-state index is 0.160. The topological polar surface area (TPSA) is 58.2 Å². The van der Waals surface area contributed by atoms with Gasteiger partial charge in [0.25, 0.3) is 11.8 Å². The Bertz CT molecular complexity index is 647. The van der Waals surface area contributed by atoms with Crippen LogP contribution in [0.15, 0.2) is 53.0 Å². The second-order valence-electron chi connectivity index (χ2n) is 3.90. The van der Waals surface area contributed by atoms with Crippen LogP contribution < -0.4 is 10.9 Å². The lowest BCUT2D eigenvalue weighted by atomic mass is 10.2. The van der Waals surface area contributed by atoms with Crippen molar-refractivity contribution >= 4 is 27.7 Å². The average Bonchev–Trinajstić information content (AvgIpc) is 2.47. The van der Waals surface area contributed by atoms with Crippen molar-refractivity contribution in [1.29, 1.82) is 0 Å². The van der Waals surface area contributed by atoms with Crippen LogP contribution in [0.3, 0.4) is 0 Å². The molecular formula is C14H10BrFN2O2. The second-order valence-corrected chi connectivity index (χ2v) is 4.81. The third-order valence-corrected chi connectivity index (χ3v) is 2.99. The first kappa shape index (κ1) is 14.2. The monoisotopic (exact) mass is 336 g/mol. The molecule has 0 spiro atoms. The summed E-state index contributed by atoms with van der Waals surface area (Å²) < 4.78 is 14.0. The molecule has 102 valence electrons. The third-order valence-electron chi connectivity index (χ3n) is 2.50. The first-order valence-corrected chi connectivity index (χ1v) is 6.48. The predicted octanol–water partition coefficient (Wildman–Crippen LogP) is 2.66. The minimum atomic E-state index is -0.729. The van der Waals surface area contributed by atoms with Crippen LogP contribution in [-0.2, 0) is 0 Å². The number of benzene rings is 2. The van der Waals surface area contributed by atoms with Crippen molar-refractivity contribution in [2.75, 3.05) is 0 Å². The Kier molecular flexibility index (Phi) is 4.47. The molecule has 0 saturated heterocycles. The summed E-state index contributed by atoms with van der Waals surface area (Å²) in [6, 6.07) is 12.3. The van der Waals surface area contributed by atoms with Gasteiger partial charge in [-0.25, -0.2) is 4.39 Å². The van der Waals surface area contributed by atoms with E-state index in [1.807, 2.05) is 0 Å². The van der Waals surface area contributed by atoms with E-state index in [0.29, 0.717) is 10.0 Å². The molecule has 0 saturated carbocycles. The Morgan fingerprint density at radius 2 is 1.60 bits per heavy atom. The van der Waals surface area contributed by atoms with Gasteiger partial charge in [-0.15, -0.1) is 0 Å². The van der Waals surface area contributed by atoms with Crippen molar-refractivity contribution in [2.45, 2.75) is 0 Å². The molecule has 20 heavy (non-hydrogen) atoms. The van der Waals surface area contributed by atoms with Crippen LogP contribution in [0.1, 0.15) is 20.7 Å². The Balaban J connectivity index is 2.02. The van der Waals surface area contributed by atoms with Gasteiger partial charge >= 0.3 is 0 Å². The first-order valence-electron chi connectivity index (χ1n) is 5.68. The van der Waals surface area contributed by atoms with Crippen molar-refractivity contribution in [3.63, 3.8) is 0 Å². The summed E-state index contributed by atoms with van der Waals surface area (Å²) in [5.74, 6) is -1.87. The Labute approximate surface area is 123 Å². The van der Waals surface area contributed by atoms with E-state index in [2.05, 4.69) is 26.8 Å². The first-order chi connectivity index (χ1) is 9.58. The fourth-order valence-electron chi connectivity index (χ4n) is 1.51. The lowest BCUT2D eigenvalue weighted by Gasteiger charge is -2.08. The van der Waals surface area contributed by atoms with Crippen LogP contribution >= 0.6 is 15.9 Å². The largest absolute Gasteiger partial charge is 0.272 e. The molecule has 0 aliphatic rings. The third kappa shape index (κ3) is 3.42. The van der Waals surface area contributed by atoms with Gasteiger partial charge in [0.2, 0.25) is 0 Å². The predicted molar refractivity (Wildman–Crippen MR) is 75.5 cm³/mol. The summed E-state index contributed by atoms with van der Waals surface area (Å²) >= 11 is 3.15. The SMILES string of the molecule is O=C(NNC(=O)c1cc(Br)ccc1F)c1ccccc1. The highest BCUT2D eigenvalue weighted by atomic mass is 79.9. The van der Waals surface area contributed by atoms with Crippen LogP contribution in [0.2, 0.25) is 0 Å². The smallest absolute Gasteiger partial charge is 0.267 e. The highest BCUT2D eigenvalue weighted by molar-refractivity contribution is 9.10. The molecule has 0 unspecified atom stereocenters. The van der Waals surface area contributed by atoms with Gasteiger partial charge in [0, 0.05) is 10.0 Å². The highest BCUT2D eigenvalue weighted by Gasteiger charge is 2.13. The molecular weight excluding hydrogens is 327 g/mol. The van der Waals surface area contributed by atoms with Gasteiger partial charge < -0.3 is 0 Å². The molecule has 0 aliphatic carbocycles. The minimum Gasteiger partial charge on any atom is -0.267 e. The highest BCUT2D eigenvalue weighted by Crippen LogP contribution is 2.15. The van der Waals surface area contributed by atoms with Gasteiger partial charge in [0.15, 0.2) is 0 Å². The van der Waals surface area contributed by atoms with E-state index in [-0.39, 0.29) is 5.56 Å². The summed E-state index contributed by atoms with van der Waals surface area (Å²) in [7, 11) is 0. The molecule has 0 aliphatic heterocycles. The van der Waals surface area contributed by atoms with Crippen molar-refractivity contribution in [3.8, 4) is 0 Å². The molecule has 0 heterocycles. The van der Waals surface area contributed by atoms with Crippen LogP contribution in [0.25, 0.3) is 0 Å². The second kappa shape index (κ2) is 6.29. The Morgan fingerprint density at radius 3 is 2.30 bits per heavy atom. The molecule has 0 atom stereocenters. The molecule has 0 fully saturated rings. The molecule has 2 amide bonds. The number of hydrogen-bond donors (Lipinski definition) is 2. The van der Waals surface area contributed by atoms with Gasteiger partial charge in [-0.1, -0.05) is 34.1 Å². The van der Waals surface area contributed by atoms with Crippen LogP contribution in [0.5, 0.6) is 0 Å². The number of hydrazine groups is 1. The Hall–Kier alpha value is -2.21. The standard InChI is InChI=1S/C14H10BrFN2O2/c15-10-6-7-12(16)11(8-10)14(20)18-17-13(19)9-4-2-1-3-5-9/h1-8H,(H,17,19)(H,18,20). The fourth-order valence-corrected chi connectivity index (χ4v) is 1.88. The number of amides is 2.